The van der Waals surface area contributed by atoms with Gasteiger partial charge in [-0.1, -0.05) is 31.7 Å². The van der Waals surface area contributed by atoms with E-state index < -0.39 is 71.2 Å². The predicted octanol–water partition coefficient (Wildman–Crippen LogP) is 2.55. The lowest BCUT2D eigenvalue weighted by atomic mass is 9.58. The van der Waals surface area contributed by atoms with Crippen molar-refractivity contribution in [3.63, 3.8) is 0 Å². The molecule has 3 aliphatic carbocycles. The first-order chi connectivity index (χ1) is 17.2. The molecular weight excluding hydrogens is 476 g/mol. The van der Waals surface area contributed by atoms with Gasteiger partial charge in [-0.2, -0.15) is 0 Å². The number of rotatable bonds is 4. The van der Waals surface area contributed by atoms with E-state index in [-0.39, 0.29) is 6.42 Å². The highest BCUT2D eigenvalue weighted by atomic mass is 16.6. The van der Waals surface area contributed by atoms with Crippen molar-refractivity contribution in [3.05, 3.63) is 59.2 Å². The van der Waals surface area contributed by atoms with E-state index in [4.69, 9.17) is 9.47 Å². The van der Waals surface area contributed by atoms with Gasteiger partial charge in [0.2, 0.25) is 0 Å². The summed E-state index contributed by atoms with van der Waals surface area (Å²) in [5.74, 6) is -2.91. The maximum atomic E-state index is 13.3. The van der Waals surface area contributed by atoms with Gasteiger partial charge in [0, 0.05) is 24.7 Å². The van der Waals surface area contributed by atoms with E-state index in [1.165, 1.54) is 6.92 Å². The summed E-state index contributed by atoms with van der Waals surface area (Å²) < 4.78 is 11.7. The maximum absolute atomic E-state index is 13.3. The molecule has 0 amide bonds. The minimum atomic E-state index is -1.36. The second-order valence-corrected chi connectivity index (χ2v) is 11.6. The van der Waals surface area contributed by atoms with Gasteiger partial charge in [0.25, 0.3) is 0 Å². The van der Waals surface area contributed by atoms with Gasteiger partial charge >= 0.3 is 11.9 Å². The van der Waals surface area contributed by atoms with Crippen LogP contribution in [0, 0.1) is 23.2 Å². The zero-order valence-electron chi connectivity index (χ0n) is 22.0. The highest BCUT2D eigenvalue weighted by Crippen LogP contribution is 2.59. The Morgan fingerprint density at radius 3 is 2.27 bits per heavy atom. The summed E-state index contributed by atoms with van der Waals surface area (Å²) in [4.78, 5) is 25.3. The number of aliphatic hydroxyl groups excluding tert-OH is 3. The largest absolute Gasteiger partial charge is 0.462 e. The van der Waals surface area contributed by atoms with Gasteiger partial charge in [-0.25, -0.2) is 4.79 Å². The van der Waals surface area contributed by atoms with Crippen LogP contribution in [0.1, 0.15) is 57.8 Å². The molecule has 4 N–H and O–H groups in total. The molecule has 0 heterocycles. The summed E-state index contributed by atoms with van der Waals surface area (Å²) in [6.45, 7) is 12.1. The van der Waals surface area contributed by atoms with Gasteiger partial charge in [0.05, 0.1) is 23.4 Å². The van der Waals surface area contributed by atoms with E-state index in [0.29, 0.717) is 28.7 Å². The smallest absolute Gasteiger partial charge is 0.338 e. The number of benzene rings is 1. The molecule has 9 atom stereocenters. The van der Waals surface area contributed by atoms with Crippen LogP contribution in [-0.2, 0) is 14.3 Å². The molecular formula is C29H38O8. The van der Waals surface area contributed by atoms with Crippen LogP contribution in [0.3, 0.4) is 0 Å². The fourth-order valence-corrected chi connectivity index (χ4v) is 7.01. The SMILES string of the molecule is C=C1C2CC3C(=C(C)[C@@H](O)[C@@H]3C(C)(C)O)[C@@H](OC(=O)c3ccccc3)[C@H](O)[C@]2(C)[C@@H](OC(C)=O)C[C@@H]1O. The first-order valence-corrected chi connectivity index (χ1v) is 12.8. The van der Waals surface area contributed by atoms with Gasteiger partial charge in [-0.05, 0) is 67.9 Å². The molecule has 0 spiro atoms. The van der Waals surface area contributed by atoms with Crippen LogP contribution < -0.4 is 0 Å². The minimum Gasteiger partial charge on any atom is -0.462 e. The number of carbonyl (C=O) groups is 2. The van der Waals surface area contributed by atoms with Crippen molar-refractivity contribution in [2.45, 2.75) is 83.6 Å². The van der Waals surface area contributed by atoms with Gasteiger partial charge in [0.15, 0.2) is 6.10 Å². The first-order valence-electron chi connectivity index (χ1n) is 12.8. The lowest BCUT2D eigenvalue weighted by Gasteiger charge is -2.51. The lowest BCUT2D eigenvalue weighted by molar-refractivity contribution is -0.181. The topological polar surface area (TPSA) is 134 Å². The molecule has 37 heavy (non-hydrogen) atoms. The highest BCUT2D eigenvalue weighted by molar-refractivity contribution is 5.89. The van der Waals surface area contributed by atoms with E-state index >= 15 is 0 Å². The second-order valence-electron chi connectivity index (χ2n) is 11.6. The Hall–Kier alpha value is -2.52. The third-order valence-corrected chi connectivity index (χ3v) is 8.92. The molecule has 0 aromatic heterocycles. The highest BCUT2D eigenvalue weighted by Gasteiger charge is 2.63. The summed E-state index contributed by atoms with van der Waals surface area (Å²) in [6, 6.07) is 8.40. The number of hydrogen-bond acceptors (Lipinski definition) is 8. The van der Waals surface area contributed by atoms with Crippen LogP contribution in [0.15, 0.2) is 53.6 Å². The third-order valence-electron chi connectivity index (χ3n) is 8.92. The molecule has 8 heteroatoms. The van der Waals surface area contributed by atoms with Crippen molar-refractivity contribution >= 4 is 11.9 Å². The number of hydrogen-bond donors (Lipinski definition) is 4. The lowest BCUT2D eigenvalue weighted by Crippen LogP contribution is -2.58. The molecule has 3 aliphatic rings. The molecule has 0 aliphatic heterocycles. The molecule has 2 fully saturated rings. The van der Waals surface area contributed by atoms with Crippen molar-refractivity contribution in [2.24, 2.45) is 23.2 Å². The first kappa shape index (κ1) is 27.5. The van der Waals surface area contributed by atoms with Crippen molar-refractivity contribution < 1.29 is 39.5 Å². The van der Waals surface area contributed by atoms with Crippen molar-refractivity contribution in [2.75, 3.05) is 0 Å². The Morgan fingerprint density at radius 2 is 1.70 bits per heavy atom. The zero-order valence-corrected chi connectivity index (χ0v) is 22.0. The van der Waals surface area contributed by atoms with E-state index in [1.54, 1.807) is 58.0 Å². The quantitative estimate of drug-likeness (QED) is 0.356. The fourth-order valence-electron chi connectivity index (χ4n) is 7.01. The number of esters is 2. The van der Waals surface area contributed by atoms with E-state index in [9.17, 15) is 30.0 Å². The number of fused-ring (bicyclic) bond motifs is 2. The molecule has 1 aromatic carbocycles. The molecule has 8 nitrogen and oxygen atoms in total. The Balaban J connectivity index is 1.89. The molecule has 2 saturated carbocycles. The Morgan fingerprint density at radius 1 is 1.08 bits per heavy atom. The van der Waals surface area contributed by atoms with Crippen molar-refractivity contribution in [1.29, 1.82) is 0 Å². The van der Waals surface area contributed by atoms with E-state index in [1.807, 2.05) is 0 Å². The second kappa shape index (κ2) is 9.66. The summed E-state index contributed by atoms with van der Waals surface area (Å²) in [5.41, 5.74) is -0.621. The summed E-state index contributed by atoms with van der Waals surface area (Å²) >= 11 is 0. The van der Waals surface area contributed by atoms with Crippen LogP contribution in [0.2, 0.25) is 0 Å². The van der Waals surface area contributed by atoms with Crippen LogP contribution in [0.4, 0.5) is 0 Å². The molecule has 0 saturated heterocycles. The average Bonchev–Trinajstić information content (AvgIpc) is 3.02. The number of ether oxygens (including phenoxy) is 2. The Labute approximate surface area is 217 Å². The van der Waals surface area contributed by atoms with Crippen LogP contribution in [0.5, 0.6) is 0 Å². The fraction of sp³-hybridized carbons (Fsp3) is 0.586. The summed E-state index contributed by atoms with van der Waals surface area (Å²) in [5, 5.41) is 45.2. The van der Waals surface area contributed by atoms with Gasteiger partial charge in [-0.15, -0.1) is 0 Å². The van der Waals surface area contributed by atoms with Crippen LogP contribution >= 0.6 is 0 Å². The molecule has 202 valence electrons. The maximum Gasteiger partial charge on any atom is 0.338 e. The van der Waals surface area contributed by atoms with Gasteiger partial charge < -0.3 is 29.9 Å². The standard InChI is InChI=1S/C29H38O8/c1-14-19-12-18-22(15(2)24(32)23(18)28(4,5)35)25(37-27(34)17-10-8-7-9-11-17)26(33)29(19,6)21(13-20(14)31)36-16(3)30/h7-11,18-21,23-26,31-33,35H,1,12-13H2,2-6H3/t18?,19?,20-,21-,23+,24+,25+,26-,29-/m0/s1. The Bertz CT molecular complexity index is 1100. The predicted molar refractivity (Wildman–Crippen MR) is 135 cm³/mol. The monoisotopic (exact) mass is 514 g/mol. The molecule has 1 aromatic rings. The minimum absolute atomic E-state index is 0.0437. The number of aliphatic hydroxyl groups is 4. The average molecular weight is 515 g/mol. The van der Waals surface area contributed by atoms with Crippen molar-refractivity contribution in [1.82, 2.24) is 0 Å². The van der Waals surface area contributed by atoms with Crippen LogP contribution in [-0.4, -0.2) is 68.5 Å². The summed E-state index contributed by atoms with van der Waals surface area (Å²) in [7, 11) is 0. The zero-order chi connectivity index (χ0) is 27.4. The van der Waals surface area contributed by atoms with E-state index in [0.717, 1.165) is 0 Å². The molecule has 2 unspecified atom stereocenters. The van der Waals surface area contributed by atoms with Crippen LogP contribution in [0.25, 0.3) is 0 Å². The van der Waals surface area contributed by atoms with Crippen molar-refractivity contribution in [3.8, 4) is 0 Å². The molecule has 0 bridgehead atoms. The summed E-state index contributed by atoms with van der Waals surface area (Å²) in [6.07, 6.45) is -5.08. The van der Waals surface area contributed by atoms with E-state index in [2.05, 4.69) is 6.58 Å². The Kier molecular flexibility index (Phi) is 7.18. The molecule has 0 radical (unpaired) electrons. The normalized spacial score (nSPS) is 37.9. The van der Waals surface area contributed by atoms with Gasteiger partial charge in [-0.3, -0.25) is 4.79 Å². The number of carbonyl (C=O) groups excluding carboxylic acids is 2. The third kappa shape index (κ3) is 4.54. The molecule has 4 rings (SSSR count). The van der Waals surface area contributed by atoms with Gasteiger partial charge in [0.1, 0.15) is 12.2 Å².